The molecule has 0 fully saturated rings. The van der Waals surface area contributed by atoms with Gasteiger partial charge in [0, 0.05) is 11.4 Å². The van der Waals surface area contributed by atoms with Crippen LogP contribution in [-0.2, 0) is 17.8 Å². The quantitative estimate of drug-likeness (QED) is 0.939. The Kier molecular flexibility index (Phi) is 4.74. The third kappa shape index (κ3) is 3.23. The number of carbonyl (C=O) groups is 1. The molecule has 0 saturated heterocycles. The Labute approximate surface area is 128 Å². The number of para-hydroxylation sites is 1. The third-order valence-corrected chi connectivity index (χ3v) is 3.49. The minimum absolute atomic E-state index is 0.0346. The number of aryl methyl sites for hydroxylation is 2. The van der Waals surface area contributed by atoms with Crippen LogP contribution in [0.4, 0.5) is 5.69 Å². The SMILES string of the molecule is CCc1ccccc1NC(=O)Cn1c(C)ccc(C#N)c1=O. The average molecular weight is 295 g/mol. The van der Waals surface area contributed by atoms with Crippen molar-refractivity contribution in [3.63, 3.8) is 0 Å². The fourth-order valence-corrected chi connectivity index (χ4v) is 2.24. The lowest BCUT2D eigenvalue weighted by molar-refractivity contribution is -0.116. The number of nitriles is 1. The predicted molar refractivity (Wildman–Crippen MR) is 84.6 cm³/mol. The van der Waals surface area contributed by atoms with Crippen LogP contribution >= 0.6 is 0 Å². The Balaban J connectivity index is 2.24. The van der Waals surface area contributed by atoms with Gasteiger partial charge in [-0.05, 0) is 37.1 Å². The van der Waals surface area contributed by atoms with Crippen molar-refractivity contribution >= 4 is 11.6 Å². The van der Waals surface area contributed by atoms with E-state index in [1.807, 2.05) is 37.3 Å². The molecule has 0 aliphatic carbocycles. The molecule has 22 heavy (non-hydrogen) atoms. The standard InChI is InChI=1S/C17H17N3O2/c1-3-13-6-4-5-7-15(13)19-16(21)11-20-12(2)8-9-14(10-18)17(20)22/h4-9H,3,11H2,1-2H3,(H,19,21). The van der Waals surface area contributed by atoms with Crippen molar-refractivity contribution in [1.82, 2.24) is 4.57 Å². The second kappa shape index (κ2) is 6.72. The van der Waals surface area contributed by atoms with Gasteiger partial charge in [-0.3, -0.25) is 9.59 Å². The molecule has 5 nitrogen and oxygen atoms in total. The molecule has 1 aromatic heterocycles. The van der Waals surface area contributed by atoms with Crippen LogP contribution in [0, 0.1) is 18.3 Å². The molecule has 2 rings (SSSR count). The minimum Gasteiger partial charge on any atom is -0.324 e. The van der Waals surface area contributed by atoms with Crippen LogP contribution in [0.5, 0.6) is 0 Å². The molecule has 0 bridgehead atoms. The Morgan fingerprint density at radius 3 is 2.68 bits per heavy atom. The number of pyridine rings is 1. The lowest BCUT2D eigenvalue weighted by Crippen LogP contribution is -2.30. The van der Waals surface area contributed by atoms with E-state index in [0.717, 1.165) is 17.7 Å². The summed E-state index contributed by atoms with van der Waals surface area (Å²) in [6.45, 7) is 3.63. The summed E-state index contributed by atoms with van der Waals surface area (Å²) in [6.07, 6.45) is 0.805. The number of nitrogens with one attached hydrogen (secondary N) is 1. The molecule has 0 aliphatic rings. The predicted octanol–water partition coefficient (Wildman–Crippen LogP) is 2.23. The highest BCUT2D eigenvalue weighted by Gasteiger charge is 2.11. The third-order valence-electron chi connectivity index (χ3n) is 3.49. The zero-order chi connectivity index (χ0) is 16.1. The summed E-state index contributed by atoms with van der Waals surface area (Å²) in [7, 11) is 0. The Morgan fingerprint density at radius 1 is 1.27 bits per heavy atom. The highest BCUT2D eigenvalue weighted by Crippen LogP contribution is 2.15. The van der Waals surface area contributed by atoms with Crippen molar-refractivity contribution in [2.75, 3.05) is 5.32 Å². The smallest absolute Gasteiger partial charge is 0.269 e. The van der Waals surface area contributed by atoms with E-state index in [4.69, 9.17) is 5.26 Å². The summed E-state index contributed by atoms with van der Waals surface area (Å²) in [5.74, 6) is -0.291. The second-order valence-electron chi connectivity index (χ2n) is 4.95. The maximum absolute atomic E-state index is 12.2. The van der Waals surface area contributed by atoms with Crippen molar-refractivity contribution in [1.29, 1.82) is 5.26 Å². The van der Waals surface area contributed by atoms with Gasteiger partial charge in [-0.15, -0.1) is 0 Å². The molecule has 1 aromatic carbocycles. The van der Waals surface area contributed by atoms with Gasteiger partial charge in [0.15, 0.2) is 0 Å². The van der Waals surface area contributed by atoms with Crippen LogP contribution in [0.2, 0.25) is 0 Å². The van der Waals surface area contributed by atoms with Crippen molar-refractivity contribution in [2.24, 2.45) is 0 Å². The average Bonchev–Trinajstić information content (AvgIpc) is 2.52. The van der Waals surface area contributed by atoms with Gasteiger partial charge in [0.05, 0.1) is 0 Å². The first-order valence-corrected chi connectivity index (χ1v) is 7.05. The number of hydrogen-bond donors (Lipinski definition) is 1. The molecule has 1 amide bonds. The number of nitrogens with zero attached hydrogens (tertiary/aromatic N) is 2. The highest BCUT2D eigenvalue weighted by molar-refractivity contribution is 5.91. The highest BCUT2D eigenvalue weighted by atomic mass is 16.2. The molecule has 2 aromatic rings. The number of carbonyl (C=O) groups excluding carboxylic acids is 1. The van der Waals surface area contributed by atoms with Crippen LogP contribution in [-0.4, -0.2) is 10.5 Å². The molecule has 0 atom stereocenters. The maximum Gasteiger partial charge on any atom is 0.269 e. The van der Waals surface area contributed by atoms with E-state index in [0.29, 0.717) is 5.69 Å². The Hall–Kier alpha value is -2.87. The maximum atomic E-state index is 12.2. The molecule has 0 saturated carbocycles. The van der Waals surface area contributed by atoms with Gasteiger partial charge in [0.25, 0.3) is 5.56 Å². The van der Waals surface area contributed by atoms with Gasteiger partial charge in [0.1, 0.15) is 18.2 Å². The van der Waals surface area contributed by atoms with Crippen LogP contribution in [0.3, 0.4) is 0 Å². The van der Waals surface area contributed by atoms with Crippen LogP contribution in [0.1, 0.15) is 23.7 Å². The van der Waals surface area contributed by atoms with Gasteiger partial charge < -0.3 is 9.88 Å². The molecular weight excluding hydrogens is 278 g/mol. The number of rotatable bonds is 4. The number of anilines is 1. The van der Waals surface area contributed by atoms with E-state index in [1.54, 1.807) is 13.0 Å². The summed E-state index contributed by atoms with van der Waals surface area (Å²) < 4.78 is 1.31. The largest absolute Gasteiger partial charge is 0.324 e. The molecule has 0 radical (unpaired) electrons. The first kappa shape index (κ1) is 15.5. The van der Waals surface area contributed by atoms with E-state index < -0.39 is 5.56 Å². The normalized spacial score (nSPS) is 10.0. The monoisotopic (exact) mass is 295 g/mol. The van der Waals surface area contributed by atoms with Gasteiger partial charge in [-0.25, -0.2) is 0 Å². The van der Waals surface area contributed by atoms with Crippen LogP contribution < -0.4 is 10.9 Å². The van der Waals surface area contributed by atoms with Crippen molar-refractivity contribution in [3.05, 3.63) is 63.6 Å². The number of aromatic nitrogens is 1. The second-order valence-corrected chi connectivity index (χ2v) is 4.95. The fraction of sp³-hybridized carbons (Fsp3) is 0.235. The number of hydrogen-bond acceptors (Lipinski definition) is 3. The first-order valence-electron chi connectivity index (χ1n) is 7.05. The van der Waals surface area contributed by atoms with Crippen molar-refractivity contribution in [2.45, 2.75) is 26.8 Å². The van der Waals surface area contributed by atoms with E-state index in [9.17, 15) is 9.59 Å². The van der Waals surface area contributed by atoms with Crippen molar-refractivity contribution in [3.8, 4) is 6.07 Å². The van der Waals surface area contributed by atoms with Gasteiger partial charge >= 0.3 is 0 Å². The van der Waals surface area contributed by atoms with Crippen molar-refractivity contribution < 1.29 is 4.79 Å². The van der Waals surface area contributed by atoms with E-state index in [-0.39, 0.29) is 18.0 Å². The Bertz CT molecular complexity index is 800. The zero-order valence-corrected chi connectivity index (χ0v) is 12.6. The molecular formula is C17H17N3O2. The summed E-state index contributed by atoms with van der Waals surface area (Å²) in [5, 5.41) is 11.7. The molecule has 0 spiro atoms. The molecule has 0 aliphatic heterocycles. The van der Waals surface area contributed by atoms with Gasteiger partial charge in [-0.2, -0.15) is 5.26 Å². The summed E-state index contributed by atoms with van der Waals surface area (Å²) in [5.41, 5.74) is 2.01. The van der Waals surface area contributed by atoms with Gasteiger partial charge in [0.2, 0.25) is 5.91 Å². The summed E-state index contributed by atoms with van der Waals surface area (Å²) in [6, 6.07) is 12.5. The molecule has 0 unspecified atom stereocenters. The first-order chi connectivity index (χ1) is 10.6. The summed E-state index contributed by atoms with van der Waals surface area (Å²) >= 11 is 0. The molecule has 5 heteroatoms. The van der Waals surface area contributed by atoms with E-state index in [1.165, 1.54) is 10.6 Å². The lowest BCUT2D eigenvalue weighted by atomic mass is 10.1. The summed E-state index contributed by atoms with van der Waals surface area (Å²) in [4.78, 5) is 24.3. The van der Waals surface area contributed by atoms with E-state index >= 15 is 0 Å². The molecule has 1 N–H and O–H groups in total. The topological polar surface area (TPSA) is 74.9 Å². The van der Waals surface area contributed by atoms with Gasteiger partial charge in [-0.1, -0.05) is 25.1 Å². The fourth-order valence-electron chi connectivity index (χ4n) is 2.24. The number of amides is 1. The lowest BCUT2D eigenvalue weighted by Gasteiger charge is -2.12. The Morgan fingerprint density at radius 2 is 2.00 bits per heavy atom. The van der Waals surface area contributed by atoms with Crippen LogP contribution in [0.15, 0.2) is 41.2 Å². The number of benzene rings is 1. The minimum atomic E-state index is -0.443. The molecule has 112 valence electrons. The van der Waals surface area contributed by atoms with E-state index in [2.05, 4.69) is 5.32 Å². The zero-order valence-electron chi connectivity index (χ0n) is 12.6. The van der Waals surface area contributed by atoms with Crippen LogP contribution in [0.25, 0.3) is 0 Å². The molecule has 1 heterocycles.